The van der Waals surface area contributed by atoms with Gasteiger partial charge in [-0.25, -0.2) is 19.4 Å². The number of thiazole rings is 1. The number of alkyl carbamates (subject to hydrolysis) is 2. The largest absolute Gasteiger partial charge is 0.449 e. The van der Waals surface area contributed by atoms with Gasteiger partial charge < -0.3 is 87.1 Å². The molecule has 12 amide bonds. The van der Waals surface area contributed by atoms with Crippen molar-refractivity contribution in [3.8, 4) is 11.1 Å². The van der Waals surface area contributed by atoms with Crippen LogP contribution in [0.25, 0.3) is 11.1 Å². The molecule has 1 aliphatic carbocycles. The number of hydrogen-bond acceptors (Lipinski definition) is 18. The molecule has 1 aliphatic heterocycles. The van der Waals surface area contributed by atoms with E-state index in [0.717, 1.165) is 32.8 Å². The van der Waals surface area contributed by atoms with E-state index in [1.807, 2.05) is 105 Å². The summed E-state index contributed by atoms with van der Waals surface area (Å²) in [6.45, 7) is 16.8. The van der Waals surface area contributed by atoms with Gasteiger partial charge in [-0.2, -0.15) is 0 Å². The first-order valence-corrected chi connectivity index (χ1v) is 38.4. The van der Waals surface area contributed by atoms with Crippen LogP contribution in [0.5, 0.6) is 0 Å². The number of fused-ring (bicyclic) bond motifs is 3. The lowest BCUT2D eigenvalue weighted by atomic mass is 9.89. The Morgan fingerprint density at radius 3 is 1.95 bits per heavy atom. The minimum absolute atomic E-state index is 0.0100. The van der Waals surface area contributed by atoms with Gasteiger partial charge in [-0.1, -0.05) is 146 Å². The fraction of sp³-hybridized carbons (Fsp3) is 0.525. The zero-order chi connectivity index (χ0) is 80.4. The zero-order valence-electron chi connectivity index (χ0n) is 65.3. The monoisotopic (exact) mass is 1540 g/mol. The molecule has 1 saturated heterocycles. The van der Waals surface area contributed by atoms with Crippen LogP contribution in [-0.4, -0.2) is 195 Å². The van der Waals surface area contributed by atoms with Crippen molar-refractivity contribution >= 4 is 82.5 Å². The van der Waals surface area contributed by atoms with Gasteiger partial charge in [0.15, 0.2) is 0 Å². The molecule has 7 rings (SSSR count). The maximum atomic E-state index is 14.8. The molecule has 0 bridgehead atoms. The number of nitrogens with zero attached hydrogens (tertiary/aromatic N) is 3. The van der Waals surface area contributed by atoms with Gasteiger partial charge in [-0.3, -0.25) is 38.4 Å². The highest BCUT2D eigenvalue weighted by atomic mass is 32.1. The summed E-state index contributed by atoms with van der Waals surface area (Å²) >= 11 is 1.46. The molecule has 11 N–H and O–H groups in total. The molecule has 1 fully saturated rings. The van der Waals surface area contributed by atoms with Crippen molar-refractivity contribution in [2.45, 2.75) is 187 Å². The number of aromatic nitrogens is 1. The van der Waals surface area contributed by atoms with E-state index in [4.69, 9.17) is 29.4 Å². The van der Waals surface area contributed by atoms with Crippen LogP contribution in [0, 0.1) is 23.7 Å². The number of nitrogens with two attached hydrogens (primary N) is 1. The van der Waals surface area contributed by atoms with Crippen LogP contribution in [-0.2, 0) is 75.1 Å². The van der Waals surface area contributed by atoms with Crippen LogP contribution >= 0.6 is 11.3 Å². The predicted octanol–water partition coefficient (Wildman–Crippen LogP) is 7.38. The van der Waals surface area contributed by atoms with Gasteiger partial charge in [0.1, 0.15) is 47.9 Å². The van der Waals surface area contributed by atoms with E-state index >= 15 is 0 Å². The van der Waals surface area contributed by atoms with Crippen molar-refractivity contribution in [1.29, 1.82) is 0 Å². The molecule has 5 aromatic rings. The third kappa shape index (κ3) is 24.7. The maximum Gasteiger partial charge on any atom is 0.408 e. The summed E-state index contributed by atoms with van der Waals surface area (Å²) in [5, 5.41) is 27.1. The highest BCUT2D eigenvalue weighted by molar-refractivity contribution is 7.09. The SMILES string of the molecule is CC[C@H](C)[C@@H]([C@@H](CC(=O)N1CCC[C@H]1[C@H](OC)[C@@H](C)C(=O)N[C@@H](Cc1ccccc1)c1nccs1)OC)N(C)C(=O)[C@@H](NC(=O)C(C)(C)NC(=O)OCc1ccc(NC(=O)[C@H](CCCNC(N)=O)NC(=O)[C@@H](NC(=O)[C@@H](COCCNC(=O)OCC2c3ccccc3-c3ccccc32)NC(C)=O)C(C)C)cc1)C(C)C. The van der Waals surface area contributed by atoms with E-state index in [2.05, 4.69) is 52.8 Å². The van der Waals surface area contributed by atoms with E-state index in [0.29, 0.717) is 37.8 Å². The Balaban J connectivity index is 0.889. The highest BCUT2D eigenvalue weighted by Crippen LogP contribution is 2.44. The number of rotatable bonds is 41. The van der Waals surface area contributed by atoms with Gasteiger partial charge in [-0.05, 0) is 109 Å². The quantitative estimate of drug-likeness (QED) is 0.0171. The van der Waals surface area contributed by atoms with Crippen molar-refractivity contribution in [1.82, 2.24) is 57.3 Å². The molecule has 0 radical (unpaired) electrons. The smallest absolute Gasteiger partial charge is 0.408 e. The number of hydrogen-bond donors (Lipinski definition) is 10. The minimum atomic E-state index is -1.62. The summed E-state index contributed by atoms with van der Waals surface area (Å²) in [5.41, 5.74) is 9.79. The molecule has 2 aliphatic rings. The number of likely N-dealkylation sites (tertiary alicyclic amines) is 1. The Morgan fingerprint density at radius 2 is 1.35 bits per heavy atom. The average Bonchev–Trinajstić information content (AvgIpc) is 1.61. The number of anilines is 1. The Kier molecular flexibility index (Phi) is 33.5. The van der Waals surface area contributed by atoms with Gasteiger partial charge in [0.25, 0.3) is 0 Å². The van der Waals surface area contributed by atoms with Crippen LogP contribution in [0.1, 0.15) is 147 Å². The van der Waals surface area contributed by atoms with Gasteiger partial charge in [0.2, 0.25) is 47.3 Å². The standard InChI is InChI=1S/C80H111N13O16S/c1-14-49(6)68(64(105-12)43-65(95)93-39-23-31-63(93)69(106-13)50(7)70(96)88-61(74-82-38-41-110-74)42-52-24-16-15-17-25-52)92(11)75(100)67(48(4)5)90-76(101)80(9,10)91-79(104)108-44-53-32-34-54(35-33-53)86-71(97)60(30-22-36-83-77(81)102)87-73(99)66(47(2)3)89-72(98)62(85-51(8)94)46-107-40-37-84-78(103)109-45-59-57-28-20-18-26-55(57)56-27-19-21-29-58(56)59/h15-21,24-29,32-35,38,41,47-50,59-64,66-69H,14,22-23,30-31,36-37,39-40,42-46H2,1-13H3,(H,84,103)(H,85,94)(H,86,97)(H,87,99)(H,88,96)(H,89,98)(H,90,101)(H,91,104)(H3,81,83,102)/t49-,50+,60-,61-,62+,63-,64+,66-,67-,68-,69+/m0/s1. The first-order chi connectivity index (χ1) is 52.5. The second kappa shape index (κ2) is 42.2. The number of likely N-dealkylation sites (N-methyl/N-ethyl adjacent to an activating group) is 1. The number of urea groups is 1. The first-order valence-electron chi connectivity index (χ1n) is 37.6. The molecular weight excluding hydrogens is 1430 g/mol. The number of methoxy groups -OCH3 is 2. The minimum Gasteiger partial charge on any atom is -0.449 e. The zero-order valence-corrected chi connectivity index (χ0v) is 66.1. The number of primary amides is 1. The molecule has 4 aromatic carbocycles. The summed E-state index contributed by atoms with van der Waals surface area (Å²) < 4.78 is 29.0. The predicted molar refractivity (Wildman–Crippen MR) is 416 cm³/mol. The van der Waals surface area contributed by atoms with Crippen LogP contribution in [0.3, 0.4) is 0 Å². The van der Waals surface area contributed by atoms with Crippen LogP contribution < -0.4 is 53.6 Å². The summed E-state index contributed by atoms with van der Waals surface area (Å²) in [4.78, 5) is 158. The Morgan fingerprint density at radius 1 is 0.700 bits per heavy atom. The Labute approximate surface area is 648 Å². The van der Waals surface area contributed by atoms with Crippen molar-refractivity contribution < 1.29 is 76.4 Å². The summed E-state index contributed by atoms with van der Waals surface area (Å²) in [7, 11) is 4.68. The van der Waals surface area contributed by atoms with E-state index in [1.165, 1.54) is 56.3 Å². The van der Waals surface area contributed by atoms with Crippen LogP contribution in [0.2, 0.25) is 0 Å². The lowest BCUT2D eigenvalue weighted by Crippen LogP contribution is -2.62. The van der Waals surface area contributed by atoms with E-state index in [1.54, 1.807) is 65.1 Å². The summed E-state index contributed by atoms with van der Waals surface area (Å²) in [5.74, 6) is -6.23. The molecule has 1 aromatic heterocycles. The third-order valence-corrected chi connectivity index (χ3v) is 21.0. The molecule has 29 nitrogen and oxygen atoms in total. The Hall–Kier alpha value is -10.0. The molecule has 2 heterocycles. The van der Waals surface area contributed by atoms with Crippen molar-refractivity contribution in [2.75, 3.05) is 66.0 Å². The van der Waals surface area contributed by atoms with Crippen LogP contribution in [0.4, 0.5) is 20.1 Å². The number of carbonyl (C=O) groups is 11. The van der Waals surface area contributed by atoms with Crippen LogP contribution in [0.15, 0.2) is 115 Å². The van der Waals surface area contributed by atoms with E-state index in [-0.39, 0.29) is 94.2 Å². The molecular formula is C80H111N13O16S. The fourth-order valence-corrected chi connectivity index (χ4v) is 14.6. The van der Waals surface area contributed by atoms with Gasteiger partial charge in [0.05, 0.1) is 55.9 Å². The number of amides is 12. The fourth-order valence-electron chi connectivity index (χ4n) is 13.9. The molecule has 30 heteroatoms. The highest BCUT2D eigenvalue weighted by Gasteiger charge is 2.45. The molecule has 110 heavy (non-hydrogen) atoms. The third-order valence-electron chi connectivity index (χ3n) is 20.1. The summed E-state index contributed by atoms with van der Waals surface area (Å²) in [6.07, 6.45) is 1.23. The lowest BCUT2D eigenvalue weighted by molar-refractivity contribution is -0.148. The molecule has 0 saturated carbocycles. The van der Waals surface area contributed by atoms with E-state index in [9.17, 15) is 52.7 Å². The van der Waals surface area contributed by atoms with Gasteiger partial charge >= 0.3 is 18.2 Å². The molecule has 11 atom stereocenters. The van der Waals surface area contributed by atoms with Crippen molar-refractivity contribution in [3.63, 3.8) is 0 Å². The second-order valence-electron chi connectivity index (χ2n) is 29.2. The lowest BCUT2D eigenvalue weighted by Gasteiger charge is -2.41. The average molecular weight is 1540 g/mol. The molecule has 0 spiro atoms. The van der Waals surface area contributed by atoms with E-state index < -0.39 is 125 Å². The first kappa shape index (κ1) is 87.2. The molecule has 598 valence electrons. The van der Waals surface area contributed by atoms with Gasteiger partial charge in [-0.15, -0.1) is 11.3 Å². The maximum absolute atomic E-state index is 14.8. The van der Waals surface area contributed by atoms with Gasteiger partial charge in [0, 0.05) is 71.0 Å². The Bertz CT molecular complexity index is 3860. The van der Waals surface area contributed by atoms with Crippen molar-refractivity contribution in [2.24, 2.45) is 29.4 Å². The van der Waals surface area contributed by atoms with Crippen molar-refractivity contribution in [3.05, 3.63) is 142 Å². The number of carbonyl (C=O) groups excluding carboxylic acids is 11. The normalized spacial score (nSPS) is 16.0. The molecule has 0 unspecified atom stereocenters. The topological polar surface area (TPSA) is 388 Å². The summed E-state index contributed by atoms with van der Waals surface area (Å²) in [6, 6.07) is 25.0. The number of nitrogens with one attached hydrogen (secondary N) is 9. The number of ether oxygens (including phenoxy) is 5. The number of benzene rings is 4. The second-order valence-corrected chi connectivity index (χ2v) is 30.1.